The van der Waals surface area contributed by atoms with E-state index in [1.165, 1.54) is 0 Å². The van der Waals surface area contributed by atoms with Crippen LogP contribution in [0.5, 0.6) is 5.75 Å². The molecule has 0 radical (unpaired) electrons. The van der Waals surface area contributed by atoms with Crippen LogP contribution >= 0.6 is 11.6 Å². The number of likely N-dealkylation sites (N-methyl/N-ethyl adjacent to an activating group) is 1. The van der Waals surface area contributed by atoms with Gasteiger partial charge in [-0.15, -0.1) is 0 Å². The Hall–Kier alpha value is -0.770. The summed E-state index contributed by atoms with van der Waals surface area (Å²) < 4.78 is 0. The van der Waals surface area contributed by atoms with Crippen LogP contribution in [0.15, 0.2) is 18.2 Å². The number of rotatable bonds is 1. The molecule has 1 atom stereocenters. The second-order valence-electron chi connectivity index (χ2n) is 3.90. The largest absolute Gasteiger partial charge is 0.508 e. The van der Waals surface area contributed by atoms with Gasteiger partial charge < -0.3 is 10.4 Å². The molecule has 1 aliphatic heterocycles. The van der Waals surface area contributed by atoms with Gasteiger partial charge in [0.2, 0.25) is 0 Å². The number of phenols is 1. The summed E-state index contributed by atoms with van der Waals surface area (Å²) in [5.41, 5.74) is 0.900. The van der Waals surface area contributed by atoms with Gasteiger partial charge in [0.1, 0.15) is 5.75 Å². The van der Waals surface area contributed by atoms with Crippen molar-refractivity contribution in [1.29, 1.82) is 0 Å². The van der Waals surface area contributed by atoms with Crippen LogP contribution < -0.4 is 5.32 Å². The molecule has 1 unspecified atom stereocenters. The summed E-state index contributed by atoms with van der Waals surface area (Å²) in [6.45, 7) is 2.83. The first kappa shape index (κ1) is 10.7. The predicted molar refractivity (Wildman–Crippen MR) is 61.4 cm³/mol. The molecule has 1 saturated heterocycles. The van der Waals surface area contributed by atoms with Gasteiger partial charge >= 0.3 is 0 Å². The van der Waals surface area contributed by atoms with Crippen LogP contribution in [0.4, 0.5) is 0 Å². The summed E-state index contributed by atoms with van der Waals surface area (Å²) in [4.78, 5) is 2.22. The molecular formula is C11H15ClN2O. The fourth-order valence-electron chi connectivity index (χ4n) is 1.95. The Balaban J connectivity index is 2.30. The van der Waals surface area contributed by atoms with E-state index in [1.54, 1.807) is 12.1 Å². The maximum Gasteiger partial charge on any atom is 0.120 e. The quantitative estimate of drug-likeness (QED) is 0.764. The molecule has 2 N–H and O–H groups in total. The summed E-state index contributed by atoms with van der Waals surface area (Å²) in [5, 5.41) is 13.8. The van der Waals surface area contributed by atoms with Crippen LogP contribution in [0.2, 0.25) is 5.02 Å². The third-order valence-electron chi connectivity index (χ3n) is 2.86. The van der Waals surface area contributed by atoms with E-state index >= 15 is 0 Å². The number of piperazine rings is 1. The van der Waals surface area contributed by atoms with E-state index in [1.807, 2.05) is 6.07 Å². The highest BCUT2D eigenvalue weighted by Crippen LogP contribution is 2.30. The maximum atomic E-state index is 9.79. The molecule has 0 spiro atoms. The van der Waals surface area contributed by atoms with E-state index in [2.05, 4.69) is 17.3 Å². The van der Waals surface area contributed by atoms with E-state index in [0.29, 0.717) is 10.8 Å². The lowest BCUT2D eigenvalue weighted by atomic mass is 10.0. The molecule has 0 aromatic heterocycles. The predicted octanol–water partition coefficient (Wildman–Crippen LogP) is 1.62. The molecule has 1 aliphatic rings. The third-order valence-corrected chi connectivity index (χ3v) is 3.09. The molecule has 0 aliphatic carbocycles. The Morgan fingerprint density at radius 2 is 2.33 bits per heavy atom. The van der Waals surface area contributed by atoms with Gasteiger partial charge in [0.25, 0.3) is 0 Å². The second kappa shape index (κ2) is 4.39. The fraction of sp³-hybridized carbons (Fsp3) is 0.455. The zero-order valence-electron chi connectivity index (χ0n) is 8.70. The molecule has 1 aromatic rings. The molecule has 2 rings (SSSR count). The number of benzene rings is 1. The molecule has 3 nitrogen and oxygen atoms in total. The maximum absolute atomic E-state index is 9.79. The van der Waals surface area contributed by atoms with Crippen molar-refractivity contribution in [2.75, 3.05) is 26.7 Å². The van der Waals surface area contributed by atoms with E-state index < -0.39 is 0 Å². The Labute approximate surface area is 94.7 Å². The fourth-order valence-corrected chi connectivity index (χ4v) is 2.13. The van der Waals surface area contributed by atoms with Crippen LogP contribution in [0, 0.1) is 0 Å². The number of nitrogens with zero attached hydrogens (tertiary/aromatic N) is 1. The molecule has 82 valence electrons. The van der Waals surface area contributed by atoms with Crippen molar-refractivity contribution in [3.63, 3.8) is 0 Å². The van der Waals surface area contributed by atoms with Gasteiger partial charge in [-0.25, -0.2) is 0 Å². The lowest BCUT2D eigenvalue weighted by Gasteiger charge is -2.33. The minimum Gasteiger partial charge on any atom is -0.508 e. The zero-order valence-corrected chi connectivity index (χ0v) is 9.46. The lowest BCUT2D eigenvalue weighted by Crippen LogP contribution is -2.43. The summed E-state index contributed by atoms with van der Waals surface area (Å²) in [7, 11) is 2.06. The zero-order chi connectivity index (χ0) is 10.8. The first-order valence-corrected chi connectivity index (χ1v) is 5.45. The smallest absolute Gasteiger partial charge is 0.120 e. The molecule has 4 heteroatoms. The molecule has 0 saturated carbocycles. The molecule has 1 heterocycles. The van der Waals surface area contributed by atoms with Crippen LogP contribution in [-0.4, -0.2) is 36.7 Å². The highest BCUT2D eigenvalue weighted by atomic mass is 35.5. The minimum atomic E-state index is 0.206. The number of hydrogen-bond acceptors (Lipinski definition) is 3. The Bertz CT molecular complexity index is 356. The van der Waals surface area contributed by atoms with E-state index in [0.717, 1.165) is 25.2 Å². The highest BCUT2D eigenvalue weighted by Gasteiger charge is 2.22. The number of phenolic OH excluding ortho intramolecular Hbond substituents is 1. The number of halogens is 1. The summed E-state index contributed by atoms with van der Waals surface area (Å²) in [5.74, 6) is 0.319. The Morgan fingerprint density at radius 3 is 3.07 bits per heavy atom. The molecule has 1 aromatic carbocycles. The van der Waals surface area contributed by atoms with Crippen molar-refractivity contribution in [1.82, 2.24) is 10.2 Å². The van der Waals surface area contributed by atoms with Crippen molar-refractivity contribution in [3.8, 4) is 5.75 Å². The van der Waals surface area contributed by atoms with E-state index in [-0.39, 0.29) is 6.04 Å². The molecule has 1 fully saturated rings. The molecule has 0 amide bonds. The third kappa shape index (κ3) is 2.25. The average Bonchev–Trinajstić information content (AvgIpc) is 2.23. The van der Waals surface area contributed by atoms with Gasteiger partial charge in [-0.1, -0.05) is 11.6 Å². The Kier molecular flexibility index (Phi) is 3.14. The van der Waals surface area contributed by atoms with Gasteiger partial charge in [-0.3, -0.25) is 4.90 Å². The van der Waals surface area contributed by atoms with Gasteiger partial charge in [0.15, 0.2) is 0 Å². The monoisotopic (exact) mass is 226 g/mol. The summed E-state index contributed by atoms with van der Waals surface area (Å²) in [6, 6.07) is 5.40. The van der Waals surface area contributed by atoms with Crippen LogP contribution in [0.25, 0.3) is 0 Å². The van der Waals surface area contributed by atoms with Crippen molar-refractivity contribution in [3.05, 3.63) is 28.8 Å². The molecule has 15 heavy (non-hydrogen) atoms. The van der Waals surface area contributed by atoms with Crippen molar-refractivity contribution in [2.24, 2.45) is 0 Å². The van der Waals surface area contributed by atoms with Gasteiger partial charge in [0, 0.05) is 30.2 Å². The van der Waals surface area contributed by atoms with Crippen LogP contribution in [0.3, 0.4) is 0 Å². The summed E-state index contributed by atoms with van der Waals surface area (Å²) >= 11 is 5.93. The van der Waals surface area contributed by atoms with Crippen LogP contribution in [0.1, 0.15) is 11.6 Å². The number of nitrogens with one attached hydrogen (secondary N) is 1. The second-order valence-corrected chi connectivity index (χ2v) is 4.34. The first-order chi connectivity index (χ1) is 7.18. The normalized spacial score (nSPS) is 22.9. The van der Waals surface area contributed by atoms with Crippen molar-refractivity contribution < 1.29 is 5.11 Å². The standard InChI is InChI=1S/C11H15ClN2O/c1-14-5-4-13-7-10(14)9-6-8(12)2-3-11(9)15/h2-3,6,10,13,15H,4-5,7H2,1H3. The van der Waals surface area contributed by atoms with E-state index in [9.17, 15) is 5.11 Å². The van der Waals surface area contributed by atoms with Crippen LogP contribution in [-0.2, 0) is 0 Å². The summed E-state index contributed by atoms with van der Waals surface area (Å²) in [6.07, 6.45) is 0. The van der Waals surface area contributed by atoms with Crippen molar-refractivity contribution >= 4 is 11.6 Å². The SMILES string of the molecule is CN1CCNCC1c1cc(Cl)ccc1O. The number of hydrogen-bond donors (Lipinski definition) is 2. The number of aromatic hydroxyl groups is 1. The van der Waals surface area contributed by atoms with Crippen molar-refractivity contribution in [2.45, 2.75) is 6.04 Å². The van der Waals surface area contributed by atoms with Gasteiger partial charge in [0.05, 0.1) is 6.04 Å². The van der Waals surface area contributed by atoms with Gasteiger partial charge in [-0.2, -0.15) is 0 Å². The van der Waals surface area contributed by atoms with Gasteiger partial charge in [-0.05, 0) is 25.2 Å². The molecular weight excluding hydrogens is 212 g/mol. The Morgan fingerprint density at radius 1 is 1.53 bits per heavy atom. The molecule has 0 bridgehead atoms. The first-order valence-electron chi connectivity index (χ1n) is 5.08. The topological polar surface area (TPSA) is 35.5 Å². The minimum absolute atomic E-state index is 0.206. The average molecular weight is 227 g/mol. The lowest BCUT2D eigenvalue weighted by molar-refractivity contribution is 0.199. The van der Waals surface area contributed by atoms with E-state index in [4.69, 9.17) is 11.6 Å². The highest BCUT2D eigenvalue weighted by molar-refractivity contribution is 6.30.